The summed E-state index contributed by atoms with van der Waals surface area (Å²) in [5.74, 6) is -6.45. The average Bonchev–Trinajstić information content (AvgIpc) is 2.93. The molecule has 3 aromatic rings. The zero-order valence-corrected chi connectivity index (χ0v) is 21.4. The summed E-state index contributed by atoms with van der Waals surface area (Å²) in [7, 11) is 0.990. The van der Waals surface area contributed by atoms with Crippen molar-refractivity contribution in [1.29, 1.82) is 0 Å². The van der Waals surface area contributed by atoms with Crippen LogP contribution in [0.2, 0.25) is 0 Å². The van der Waals surface area contributed by atoms with Gasteiger partial charge in [0.05, 0.1) is 12.7 Å². The van der Waals surface area contributed by atoms with Crippen LogP contribution in [0.25, 0.3) is 0 Å². The number of rotatable bonds is 10. The van der Waals surface area contributed by atoms with Gasteiger partial charge in [0.2, 0.25) is 0 Å². The summed E-state index contributed by atoms with van der Waals surface area (Å²) in [5, 5.41) is 0. The third-order valence-electron chi connectivity index (χ3n) is 5.84. The van der Waals surface area contributed by atoms with Crippen molar-refractivity contribution >= 4 is 23.9 Å². The summed E-state index contributed by atoms with van der Waals surface area (Å²) >= 11 is 0. The van der Waals surface area contributed by atoms with Gasteiger partial charge in [-0.05, 0) is 23.3 Å². The maximum absolute atomic E-state index is 15.6. The van der Waals surface area contributed by atoms with Gasteiger partial charge in [-0.3, -0.25) is 14.4 Å². The summed E-state index contributed by atoms with van der Waals surface area (Å²) in [6.07, 6.45) is -1.02. The molecule has 0 spiro atoms. The van der Waals surface area contributed by atoms with Crippen LogP contribution >= 0.6 is 0 Å². The fraction of sp³-hybridized carbons (Fsp3) is 0.241. The lowest BCUT2D eigenvalue weighted by Crippen LogP contribution is -2.48. The zero-order chi connectivity index (χ0) is 28.6. The molecule has 0 N–H and O–H groups in total. The molecule has 0 aliphatic rings. The molecule has 10 heteroatoms. The quantitative estimate of drug-likeness (QED) is 0.275. The molecule has 0 aliphatic carbocycles. The second-order valence-corrected chi connectivity index (χ2v) is 8.55. The van der Waals surface area contributed by atoms with Gasteiger partial charge in [0, 0.05) is 19.4 Å². The van der Waals surface area contributed by atoms with Gasteiger partial charge in [0.15, 0.2) is 11.5 Å². The summed E-state index contributed by atoms with van der Waals surface area (Å²) in [4.78, 5) is 49.5. The Morgan fingerprint density at radius 1 is 0.769 bits per heavy atom. The molecule has 0 bridgehead atoms. The molecule has 0 aromatic heterocycles. The topological polar surface area (TPSA) is 105 Å². The molecule has 0 amide bonds. The molecule has 3 aromatic carbocycles. The van der Waals surface area contributed by atoms with E-state index in [4.69, 9.17) is 14.2 Å². The van der Waals surface area contributed by atoms with Crippen molar-refractivity contribution in [3.63, 3.8) is 0 Å². The highest BCUT2D eigenvalue weighted by atomic mass is 19.1. The smallest absolute Gasteiger partial charge is 0.340 e. The highest BCUT2D eigenvalue weighted by molar-refractivity contribution is 5.90. The normalized spacial score (nSPS) is 11.0. The Bertz CT molecular complexity index is 1280. The average molecular weight is 541 g/mol. The minimum atomic E-state index is -2.35. The van der Waals surface area contributed by atoms with Gasteiger partial charge < -0.3 is 18.9 Å². The highest BCUT2D eigenvalue weighted by Gasteiger charge is 2.48. The molecule has 3 rings (SSSR count). The zero-order valence-electron chi connectivity index (χ0n) is 21.4. The van der Waals surface area contributed by atoms with Crippen LogP contribution < -0.4 is 0 Å². The first-order chi connectivity index (χ1) is 18.6. The number of methoxy groups -OCH3 is 1. The maximum atomic E-state index is 15.6. The number of hydrogen-bond acceptors (Lipinski definition) is 8. The molecule has 0 radical (unpaired) electrons. The van der Waals surface area contributed by atoms with Crippen LogP contribution in [0, 0.1) is 11.6 Å². The predicted molar refractivity (Wildman–Crippen MR) is 133 cm³/mol. The van der Waals surface area contributed by atoms with E-state index < -0.39 is 71.4 Å². The Balaban J connectivity index is 2.20. The van der Waals surface area contributed by atoms with Crippen LogP contribution in [-0.4, -0.2) is 44.2 Å². The number of esters is 4. The Morgan fingerprint density at radius 3 is 1.69 bits per heavy atom. The van der Waals surface area contributed by atoms with E-state index in [1.165, 1.54) is 0 Å². The molecule has 0 saturated carbocycles. The summed E-state index contributed by atoms with van der Waals surface area (Å²) < 4.78 is 51.1. The van der Waals surface area contributed by atoms with Crippen molar-refractivity contribution in [1.82, 2.24) is 0 Å². The van der Waals surface area contributed by atoms with E-state index in [0.717, 1.165) is 21.0 Å². The molecule has 0 unspecified atom stereocenters. The molecule has 8 nitrogen and oxygen atoms in total. The van der Waals surface area contributed by atoms with Crippen molar-refractivity contribution in [3.8, 4) is 0 Å². The number of benzene rings is 3. The number of carbonyl (C=O) groups is 4. The van der Waals surface area contributed by atoms with E-state index in [0.29, 0.717) is 23.3 Å². The standard InChI is InChI=1S/C29H26F2O8/c1-18(32)37-16-29(17-38-19(2)33,23-15-24(30)22(14-25(23)31)27(34)36-3)28(35)39-26(20-10-6-4-7-11-20)21-12-8-5-9-13-21/h4-15,26H,16-17H2,1-3H3. The lowest BCUT2D eigenvalue weighted by atomic mass is 9.80. The van der Waals surface area contributed by atoms with Gasteiger partial charge in [0.1, 0.15) is 24.8 Å². The van der Waals surface area contributed by atoms with Crippen LogP contribution in [0.15, 0.2) is 72.8 Å². The van der Waals surface area contributed by atoms with Crippen LogP contribution in [-0.2, 0) is 38.7 Å². The van der Waals surface area contributed by atoms with Crippen molar-refractivity contribution in [2.24, 2.45) is 0 Å². The molecule has 0 saturated heterocycles. The largest absolute Gasteiger partial charge is 0.465 e. The number of ether oxygens (including phenoxy) is 4. The second kappa shape index (κ2) is 12.8. The van der Waals surface area contributed by atoms with E-state index in [9.17, 15) is 19.2 Å². The van der Waals surface area contributed by atoms with Gasteiger partial charge >= 0.3 is 23.9 Å². The Morgan fingerprint density at radius 2 is 1.26 bits per heavy atom. The molecule has 0 atom stereocenters. The van der Waals surface area contributed by atoms with Gasteiger partial charge in [0.25, 0.3) is 0 Å². The minimum Gasteiger partial charge on any atom is -0.465 e. The number of halogens is 2. The lowest BCUT2D eigenvalue weighted by Gasteiger charge is -2.33. The summed E-state index contributed by atoms with van der Waals surface area (Å²) in [6, 6.07) is 18.4. The number of hydrogen-bond donors (Lipinski definition) is 0. The van der Waals surface area contributed by atoms with Crippen LogP contribution in [0.1, 0.15) is 47.0 Å². The minimum absolute atomic E-state index is 0.548. The van der Waals surface area contributed by atoms with Crippen molar-refractivity contribution in [3.05, 3.63) is 107 Å². The third-order valence-corrected chi connectivity index (χ3v) is 5.84. The first kappa shape index (κ1) is 29.0. The Kier molecular flexibility index (Phi) is 9.48. The summed E-state index contributed by atoms with van der Waals surface area (Å²) in [5.41, 5.74) is -2.62. The van der Waals surface area contributed by atoms with Crippen LogP contribution in [0.5, 0.6) is 0 Å². The third kappa shape index (κ3) is 6.84. The Hall–Kier alpha value is -4.60. The molecule has 0 heterocycles. The predicted octanol–water partition coefficient (Wildman–Crippen LogP) is 4.45. The first-order valence-electron chi connectivity index (χ1n) is 11.7. The summed E-state index contributed by atoms with van der Waals surface area (Å²) in [6.45, 7) is 0.378. The van der Waals surface area contributed by atoms with E-state index in [1.54, 1.807) is 60.7 Å². The molecular formula is C29H26F2O8. The first-order valence-corrected chi connectivity index (χ1v) is 11.7. The molecular weight excluding hydrogens is 514 g/mol. The second-order valence-electron chi connectivity index (χ2n) is 8.55. The van der Waals surface area contributed by atoms with E-state index in [-0.39, 0.29) is 0 Å². The van der Waals surface area contributed by atoms with Crippen LogP contribution in [0.4, 0.5) is 8.78 Å². The van der Waals surface area contributed by atoms with Gasteiger partial charge in [-0.25, -0.2) is 13.6 Å². The monoisotopic (exact) mass is 540 g/mol. The maximum Gasteiger partial charge on any atom is 0.340 e. The van der Waals surface area contributed by atoms with Crippen molar-refractivity contribution in [2.75, 3.05) is 20.3 Å². The molecule has 0 fully saturated rings. The fourth-order valence-corrected chi connectivity index (χ4v) is 3.86. The molecule has 39 heavy (non-hydrogen) atoms. The fourth-order valence-electron chi connectivity index (χ4n) is 3.86. The lowest BCUT2D eigenvalue weighted by molar-refractivity contribution is -0.165. The van der Waals surface area contributed by atoms with Gasteiger partial charge in [-0.1, -0.05) is 60.7 Å². The Labute approximate surface area is 223 Å². The van der Waals surface area contributed by atoms with Gasteiger partial charge in [-0.15, -0.1) is 0 Å². The molecule has 0 aliphatic heterocycles. The van der Waals surface area contributed by atoms with Crippen molar-refractivity contribution < 1.29 is 46.9 Å². The molecule has 204 valence electrons. The van der Waals surface area contributed by atoms with Crippen molar-refractivity contribution in [2.45, 2.75) is 25.4 Å². The van der Waals surface area contributed by atoms with E-state index in [2.05, 4.69) is 4.74 Å². The van der Waals surface area contributed by atoms with E-state index >= 15 is 8.78 Å². The SMILES string of the molecule is COC(=O)c1cc(F)c(C(COC(C)=O)(COC(C)=O)C(=O)OC(c2ccccc2)c2ccccc2)cc1F. The van der Waals surface area contributed by atoms with Crippen LogP contribution in [0.3, 0.4) is 0 Å². The number of carbonyl (C=O) groups excluding carboxylic acids is 4. The highest BCUT2D eigenvalue weighted by Crippen LogP contribution is 2.35. The van der Waals surface area contributed by atoms with E-state index in [1.807, 2.05) is 0 Å². The van der Waals surface area contributed by atoms with Gasteiger partial charge in [-0.2, -0.15) is 0 Å².